The molecule has 0 bridgehead atoms. The SMILES string of the molecule is CCC(CCCC(C)CCCC(C)C)CC[N+](C)(C)CCCC(C)CCCC(C)CCCC(C)C. The molecule has 0 aromatic heterocycles. The van der Waals surface area contributed by atoms with Crippen molar-refractivity contribution in [2.24, 2.45) is 35.5 Å². The highest BCUT2D eigenvalue weighted by atomic mass is 15.3. The first-order chi connectivity index (χ1) is 16.4. The maximum atomic E-state index is 2.50. The topological polar surface area (TPSA) is 0 Å². The van der Waals surface area contributed by atoms with Crippen molar-refractivity contribution in [2.75, 3.05) is 27.2 Å². The molecule has 0 rings (SSSR count). The van der Waals surface area contributed by atoms with Crippen molar-refractivity contribution in [3.05, 3.63) is 0 Å². The molecule has 0 aliphatic carbocycles. The van der Waals surface area contributed by atoms with E-state index < -0.39 is 0 Å². The van der Waals surface area contributed by atoms with Crippen molar-refractivity contribution in [2.45, 2.75) is 158 Å². The second kappa shape index (κ2) is 21.0. The molecule has 0 aromatic carbocycles. The largest absolute Gasteiger partial charge is 0.328 e. The molecular formula is C34H72N+. The zero-order valence-electron chi connectivity index (χ0n) is 26.6. The van der Waals surface area contributed by atoms with Crippen molar-refractivity contribution in [1.29, 1.82) is 0 Å². The van der Waals surface area contributed by atoms with Gasteiger partial charge < -0.3 is 4.48 Å². The Morgan fingerprint density at radius 1 is 0.429 bits per heavy atom. The Morgan fingerprint density at radius 3 is 1.20 bits per heavy atom. The minimum absolute atomic E-state index is 0.870. The van der Waals surface area contributed by atoms with Gasteiger partial charge >= 0.3 is 0 Å². The van der Waals surface area contributed by atoms with Crippen LogP contribution in [0.1, 0.15) is 158 Å². The standard InChI is InChI=1S/C34H72N/c1-11-34(25-15-23-32(7)20-13-18-30(4)5)26-28-35(9,10)27-16-24-33(8)22-14-21-31(6)19-12-17-29(2)3/h29-34H,11-28H2,1-10H3/q+1. The monoisotopic (exact) mass is 495 g/mol. The van der Waals surface area contributed by atoms with Gasteiger partial charge in [-0.3, -0.25) is 0 Å². The Balaban J connectivity index is 3.95. The Morgan fingerprint density at radius 2 is 0.800 bits per heavy atom. The summed E-state index contributed by atoms with van der Waals surface area (Å²) in [5, 5.41) is 0. The van der Waals surface area contributed by atoms with E-state index in [1.54, 1.807) is 0 Å². The summed E-state index contributed by atoms with van der Waals surface area (Å²) in [5.74, 6) is 5.44. The summed E-state index contributed by atoms with van der Waals surface area (Å²) >= 11 is 0. The van der Waals surface area contributed by atoms with Crippen LogP contribution in [0.25, 0.3) is 0 Å². The van der Waals surface area contributed by atoms with E-state index in [2.05, 4.69) is 69.5 Å². The second-order valence-corrected chi connectivity index (χ2v) is 14.4. The number of hydrogen-bond donors (Lipinski definition) is 0. The van der Waals surface area contributed by atoms with Crippen molar-refractivity contribution in [3.8, 4) is 0 Å². The predicted octanol–water partition coefficient (Wildman–Crippen LogP) is 11.2. The fraction of sp³-hybridized carbons (Fsp3) is 1.00. The summed E-state index contributed by atoms with van der Waals surface area (Å²) in [6.07, 6.45) is 22.9. The van der Waals surface area contributed by atoms with Crippen molar-refractivity contribution in [3.63, 3.8) is 0 Å². The Labute approximate surface area is 225 Å². The number of quaternary nitrogens is 1. The first-order valence-electron chi connectivity index (χ1n) is 16.3. The lowest BCUT2D eigenvalue weighted by molar-refractivity contribution is -0.891. The molecule has 4 atom stereocenters. The Hall–Kier alpha value is -0.0400. The zero-order valence-corrected chi connectivity index (χ0v) is 26.6. The van der Waals surface area contributed by atoms with Crippen LogP contribution in [0.3, 0.4) is 0 Å². The first kappa shape index (κ1) is 35.0. The van der Waals surface area contributed by atoms with Gasteiger partial charge in [0.2, 0.25) is 0 Å². The van der Waals surface area contributed by atoms with Crippen LogP contribution in [0.2, 0.25) is 0 Å². The van der Waals surface area contributed by atoms with E-state index in [9.17, 15) is 0 Å². The van der Waals surface area contributed by atoms with Gasteiger partial charge in [0.05, 0.1) is 27.2 Å². The average Bonchev–Trinajstić information content (AvgIpc) is 2.75. The fourth-order valence-corrected chi connectivity index (χ4v) is 5.82. The maximum Gasteiger partial charge on any atom is 0.0785 e. The van der Waals surface area contributed by atoms with Crippen molar-refractivity contribution >= 4 is 0 Å². The third kappa shape index (κ3) is 22.9. The number of hydrogen-bond acceptors (Lipinski definition) is 0. The summed E-state index contributed by atoms with van der Waals surface area (Å²) in [7, 11) is 4.96. The van der Waals surface area contributed by atoms with Crippen molar-refractivity contribution < 1.29 is 4.48 Å². The highest BCUT2D eigenvalue weighted by Crippen LogP contribution is 2.24. The molecule has 0 amide bonds. The van der Waals surface area contributed by atoms with E-state index in [4.69, 9.17) is 0 Å². The van der Waals surface area contributed by atoms with E-state index in [0.717, 1.165) is 35.5 Å². The summed E-state index contributed by atoms with van der Waals surface area (Å²) in [6.45, 7) is 22.0. The molecule has 0 aliphatic rings. The Bertz CT molecular complexity index is 452. The second-order valence-electron chi connectivity index (χ2n) is 14.4. The molecule has 0 saturated heterocycles. The first-order valence-corrected chi connectivity index (χ1v) is 16.3. The van der Waals surface area contributed by atoms with Gasteiger partial charge in [0.15, 0.2) is 0 Å². The molecular weight excluding hydrogens is 422 g/mol. The van der Waals surface area contributed by atoms with Crippen LogP contribution in [-0.2, 0) is 0 Å². The number of rotatable bonds is 24. The maximum absolute atomic E-state index is 2.50. The van der Waals surface area contributed by atoms with Crippen LogP contribution in [0.5, 0.6) is 0 Å². The minimum atomic E-state index is 0.870. The predicted molar refractivity (Wildman–Crippen MR) is 162 cm³/mol. The lowest BCUT2D eigenvalue weighted by Gasteiger charge is -2.32. The average molecular weight is 495 g/mol. The fourth-order valence-electron chi connectivity index (χ4n) is 5.82. The molecule has 35 heavy (non-hydrogen) atoms. The molecule has 0 aliphatic heterocycles. The van der Waals surface area contributed by atoms with E-state index >= 15 is 0 Å². The van der Waals surface area contributed by atoms with Gasteiger partial charge in [0.25, 0.3) is 0 Å². The molecule has 0 saturated carbocycles. The molecule has 0 N–H and O–H groups in total. The quantitative estimate of drug-likeness (QED) is 0.117. The molecule has 0 radical (unpaired) electrons. The van der Waals surface area contributed by atoms with E-state index in [0.29, 0.717) is 0 Å². The lowest BCUT2D eigenvalue weighted by Crippen LogP contribution is -2.42. The smallest absolute Gasteiger partial charge is 0.0785 e. The molecule has 1 heteroatoms. The third-order valence-electron chi connectivity index (χ3n) is 8.84. The van der Waals surface area contributed by atoms with Crippen LogP contribution in [0, 0.1) is 35.5 Å². The van der Waals surface area contributed by atoms with Gasteiger partial charge in [-0.1, -0.05) is 139 Å². The summed E-state index contributed by atoms with van der Waals surface area (Å²) < 4.78 is 1.22. The van der Waals surface area contributed by atoms with E-state index in [1.807, 2.05) is 0 Å². The molecule has 0 spiro atoms. The van der Waals surface area contributed by atoms with Crippen LogP contribution in [0.4, 0.5) is 0 Å². The van der Waals surface area contributed by atoms with Gasteiger partial charge in [-0.25, -0.2) is 0 Å². The molecule has 1 nitrogen and oxygen atoms in total. The molecule has 0 heterocycles. The number of nitrogens with zero attached hydrogens (tertiary/aromatic N) is 1. The lowest BCUT2D eigenvalue weighted by atomic mass is 9.90. The van der Waals surface area contributed by atoms with Crippen LogP contribution >= 0.6 is 0 Å². The zero-order chi connectivity index (χ0) is 26.7. The van der Waals surface area contributed by atoms with Gasteiger partial charge in [-0.05, 0) is 54.8 Å². The highest BCUT2D eigenvalue weighted by molar-refractivity contribution is 4.62. The van der Waals surface area contributed by atoms with Crippen LogP contribution < -0.4 is 0 Å². The molecule has 4 unspecified atom stereocenters. The molecule has 0 aromatic rings. The van der Waals surface area contributed by atoms with Crippen molar-refractivity contribution in [1.82, 2.24) is 0 Å². The van der Waals surface area contributed by atoms with Gasteiger partial charge in [-0.15, -0.1) is 0 Å². The van der Waals surface area contributed by atoms with Gasteiger partial charge in [0.1, 0.15) is 0 Å². The molecule has 0 fully saturated rings. The van der Waals surface area contributed by atoms with E-state index in [1.165, 1.54) is 120 Å². The third-order valence-corrected chi connectivity index (χ3v) is 8.84. The summed E-state index contributed by atoms with van der Waals surface area (Å²) in [4.78, 5) is 0. The molecule has 212 valence electrons. The minimum Gasteiger partial charge on any atom is -0.328 e. The summed E-state index contributed by atoms with van der Waals surface area (Å²) in [5.41, 5.74) is 0. The van der Waals surface area contributed by atoms with Crippen LogP contribution in [-0.4, -0.2) is 31.7 Å². The van der Waals surface area contributed by atoms with E-state index in [-0.39, 0.29) is 0 Å². The van der Waals surface area contributed by atoms with Crippen LogP contribution in [0.15, 0.2) is 0 Å². The van der Waals surface area contributed by atoms with Gasteiger partial charge in [-0.2, -0.15) is 0 Å². The highest BCUT2D eigenvalue weighted by Gasteiger charge is 2.18. The Kier molecular flexibility index (Phi) is 20.9. The summed E-state index contributed by atoms with van der Waals surface area (Å²) in [6, 6.07) is 0. The normalized spacial score (nSPS) is 16.1. The van der Waals surface area contributed by atoms with Gasteiger partial charge in [0, 0.05) is 0 Å².